The minimum Gasteiger partial charge on any atom is -0.334 e. The van der Waals surface area contributed by atoms with Gasteiger partial charge in [-0.15, -0.1) is 0 Å². The van der Waals surface area contributed by atoms with E-state index in [0.717, 1.165) is 43.7 Å². The Labute approximate surface area is 143 Å². The van der Waals surface area contributed by atoms with Crippen molar-refractivity contribution in [1.82, 2.24) is 14.9 Å². The summed E-state index contributed by atoms with van der Waals surface area (Å²) in [4.78, 5) is 20.3. The van der Waals surface area contributed by atoms with Crippen LogP contribution in [0.25, 0.3) is 0 Å². The maximum atomic E-state index is 12.0. The van der Waals surface area contributed by atoms with Gasteiger partial charge < -0.3 is 4.98 Å². The van der Waals surface area contributed by atoms with Crippen molar-refractivity contribution in [3.8, 4) is 0 Å². The van der Waals surface area contributed by atoms with Crippen molar-refractivity contribution in [3.05, 3.63) is 37.5 Å². The largest absolute Gasteiger partial charge is 0.334 e. The van der Waals surface area contributed by atoms with E-state index < -0.39 is 0 Å². The van der Waals surface area contributed by atoms with Gasteiger partial charge in [-0.25, -0.2) is 0 Å². The molecule has 0 radical (unpaired) electrons. The van der Waals surface area contributed by atoms with Crippen LogP contribution in [0, 0.1) is 10.2 Å². The Morgan fingerprint density at radius 3 is 2.78 bits per heavy atom. The number of nitrogens with zero attached hydrogens (tertiary/aromatic N) is 1. The normalized spacial score (nSPS) is 21.3. The SMILES string of the molecule is CC1=C(CCN2CCc3c([nH]c(=S)[nH]c3=O)C2)C(C)(C)CCC1. The summed E-state index contributed by atoms with van der Waals surface area (Å²) in [5, 5.41) is 0. The van der Waals surface area contributed by atoms with Crippen molar-refractivity contribution < 1.29 is 0 Å². The summed E-state index contributed by atoms with van der Waals surface area (Å²) in [5.41, 5.74) is 5.44. The Kier molecular flexibility index (Phi) is 4.61. The van der Waals surface area contributed by atoms with Crippen LogP contribution in [0.1, 0.15) is 57.7 Å². The third-order valence-corrected chi connectivity index (χ3v) is 5.76. The lowest BCUT2D eigenvalue weighted by molar-refractivity contribution is 0.240. The number of nitrogens with one attached hydrogen (secondary N) is 2. The molecule has 0 fully saturated rings. The number of hydrogen-bond donors (Lipinski definition) is 2. The minimum absolute atomic E-state index is 0.0182. The van der Waals surface area contributed by atoms with Crippen LogP contribution in [-0.2, 0) is 13.0 Å². The molecule has 0 atom stereocenters. The highest BCUT2D eigenvalue weighted by Crippen LogP contribution is 2.41. The summed E-state index contributed by atoms with van der Waals surface area (Å²) in [7, 11) is 0. The van der Waals surface area contributed by atoms with Gasteiger partial charge in [-0.2, -0.15) is 0 Å². The number of allylic oxidation sites excluding steroid dienone is 1. The maximum absolute atomic E-state index is 12.0. The first kappa shape index (κ1) is 16.7. The smallest absolute Gasteiger partial charge is 0.255 e. The molecular weight excluding hydrogens is 306 g/mol. The van der Waals surface area contributed by atoms with Crippen LogP contribution >= 0.6 is 12.2 Å². The molecule has 1 aliphatic heterocycles. The molecular formula is C18H27N3OS. The molecule has 5 heteroatoms. The first-order chi connectivity index (χ1) is 10.9. The van der Waals surface area contributed by atoms with Gasteiger partial charge in [-0.1, -0.05) is 25.0 Å². The quantitative estimate of drug-likeness (QED) is 0.655. The van der Waals surface area contributed by atoms with Gasteiger partial charge >= 0.3 is 0 Å². The lowest BCUT2D eigenvalue weighted by Crippen LogP contribution is -2.36. The molecule has 2 N–H and O–H groups in total. The zero-order chi connectivity index (χ0) is 16.6. The summed E-state index contributed by atoms with van der Waals surface area (Å²) in [6, 6.07) is 0. The van der Waals surface area contributed by atoms with E-state index in [1.54, 1.807) is 11.1 Å². The topological polar surface area (TPSA) is 51.9 Å². The van der Waals surface area contributed by atoms with Crippen molar-refractivity contribution in [3.63, 3.8) is 0 Å². The molecule has 0 spiro atoms. The second-order valence-corrected chi connectivity index (χ2v) is 8.05. The van der Waals surface area contributed by atoms with Gasteiger partial charge in [-0.3, -0.25) is 14.7 Å². The molecule has 0 saturated heterocycles. The molecule has 3 rings (SSSR count). The fourth-order valence-corrected chi connectivity index (χ4v) is 4.43. The number of rotatable bonds is 3. The highest BCUT2D eigenvalue weighted by atomic mass is 32.1. The first-order valence-corrected chi connectivity index (χ1v) is 9.03. The van der Waals surface area contributed by atoms with E-state index in [-0.39, 0.29) is 5.56 Å². The Balaban J connectivity index is 1.71. The molecule has 1 aromatic heterocycles. The van der Waals surface area contributed by atoms with E-state index >= 15 is 0 Å². The predicted octanol–water partition coefficient (Wildman–Crippen LogP) is 3.71. The van der Waals surface area contributed by atoms with Crippen molar-refractivity contribution in [2.75, 3.05) is 13.1 Å². The van der Waals surface area contributed by atoms with Crippen LogP contribution in [0.3, 0.4) is 0 Å². The Bertz CT molecular complexity index is 741. The van der Waals surface area contributed by atoms with Gasteiger partial charge in [0.1, 0.15) is 0 Å². The van der Waals surface area contributed by atoms with Gasteiger partial charge in [0.05, 0.1) is 0 Å². The van der Waals surface area contributed by atoms with Crippen LogP contribution in [0.4, 0.5) is 0 Å². The summed E-state index contributed by atoms with van der Waals surface area (Å²) in [6.45, 7) is 9.88. The Hall–Kier alpha value is -1.20. The average molecular weight is 334 g/mol. The monoisotopic (exact) mass is 333 g/mol. The van der Waals surface area contributed by atoms with Crippen LogP contribution in [0.2, 0.25) is 0 Å². The van der Waals surface area contributed by atoms with Crippen LogP contribution in [-0.4, -0.2) is 28.0 Å². The number of fused-ring (bicyclic) bond motifs is 1. The van der Waals surface area contributed by atoms with Crippen molar-refractivity contribution in [2.45, 2.75) is 59.4 Å². The van der Waals surface area contributed by atoms with Crippen molar-refractivity contribution in [1.29, 1.82) is 0 Å². The maximum Gasteiger partial charge on any atom is 0.255 e. The van der Waals surface area contributed by atoms with E-state index in [0.29, 0.717) is 10.2 Å². The second-order valence-electron chi connectivity index (χ2n) is 7.64. The predicted molar refractivity (Wildman–Crippen MR) is 96.2 cm³/mol. The van der Waals surface area contributed by atoms with Crippen LogP contribution in [0.15, 0.2) is 15.9 Å². The Morgan fingerprint density at radius 2 is 2.04 bits per heavy atom. The summed E-state index contributed by atoms with van der Waals surface area (Å²) in [6.07, 6.45) is 5.81. The van der Waals surface area contributed by atoms with Gasteiger partial charge in [0.15, 0.2) is 4.77 Å². The van der Waals surface area contributed by atoms with Crippen molar-refractivity contribution >= 4 is 12.2 Å². The zero-order valence-electron chi connectivity index (χ0n) is 14.4. The van der Waals surface area contributed by atoms with E-state index in [2.05, 4.69) is 35.6 Å². The van der Waals surface area contributed by atoms with Crippen LogP contribution in [0.5, 0.6) is 0 Å². The van der Waals surface area contributed by atoms with E-state index in [9.17, 15) is 4.79 Å². The third-order valence-electron chi connectivity index (χ3n) is 5.55. The molecule has 1 aliphatic carbocycles. The molecule has 0 unspecified atom stereocenters. The van der Waals surface area contributed by atoms with Crippen LogP contribution < -0.4 is 5.56 Å². The third kappa shape index (κ3) is 3.50. The van der Waals surface area contributed by atoms with E-state index in [1.807, 2.05) is 0 Å². The molecule has 0 amide bonds. The number of H-pyrrole nitrogens is 2. The number of aromatic nitrogens is 2. The molecule has 0 bridgehead atoms. The van der Waals surface area contributed by atoms with Crippen molar-refractivity contribution in [2.24, 2.45) is 5.41 Å². The molecule has 1 aromatic rings. The van der Waals surface area contributed by atoms with Gasteiger partial charge in [0, 0.05) is 30.9 Å². The lowest BCUT2D eigenvalue weighted by Gasteiger charge is -2.36. The fourth-order valence-electron chi connectivity index (χ4n) is 4.22. The van der Waals surface area contributed by atoms with Gasteiger partial charge in [0.2, 0.25) is 0 Å². The van der Waals surface area contributed by atoms with E-state index in [1.165, 1.54) is 19.3 Å². The van der Waals surface area contributed by atoms with Gasteiger partial charge in [-0.05, 0) is 56.7 Å². The molecule has 0 saturated carbocycles. The molecule has 2 heterocycles. The summed E-state index contributed by atoms with van der Waals surface area (Å²) < 4.78 is 0.433. The van der Waals surface area contributed by atoms with Gasteiger partial charge in [0.25, 0.3) is 5.56 Å². The first-order valence-electron chi connectivity index (χ1n) is 8.62. The molecule has 23 heavy (non-hydrogen) atoms. The van der Waals surface area contributed by atoms with E-state index in [4.69, 9.17) is 12.2 Å². The highest BCUT2D eigenvalue weighted by molar-refractivity contribution is 7.71. The molecule has 126 valence electrons. The molecule has 0 aromatic carbocycles. The molecule has 4 nitrogen and oxygen atoms in total. The number of hydrogen-bond acceptors (Lipinski definition) is 3. The molecule has 2 aliphatic rings. The lowest BCUT2D eigenvalue weighted by atomic mass is 9.71. The summed E-state index contributed by atoms with van der Waals surface area (Å²) in [5.74, 6) is 0. The standard InChI is InChI=1S/C18H27N3OS/c1-12-5-4-8-18(2,3)14(12)7-10-21-9-6-13-15(11-21)19-17(23)20-16(13)22/h4-11H2,1-3H3,(H2,19,20,22,23). The number of aromatic amines is 2. The Morgan fingerprint density at radius 1 is 1.26 bits per heavy atom. The minimum atomic E-state index is -0.0182. The highest BCUT2D eigenvalue weighted by Gasteiger charge is 2.29. The second kappa shape index (κ2) is 6.36. The zero-order valence-corrected chi connectivity index (χ0v) is 15.2. The average Bonchev–Trinajstić information content (AvgIpc) is 2.45. The fraction of sp³-hybridized carbons (Fsp3) is 0.667. The summed E-state index contributed by atoms with van der Waals surface area (Å²) >= 11 is 5.10.